The molecule has 1 saturated carbocycles. The first-order valence-corrected chi connectivity index (χ1v) is 6.79. The zero-order chi connectivity index (χ0) is 14.3. The van der Waals surface area contributed by atoms with Crippen LogP contribution in [-0.4, -0.2) is 44.2 Å². The summed E-state index contributed by atoms with van der Waals surface area (Å²) in [6, 6.07) is 0. The van der Waals surface area contributed by atoms with E-state index in [-0.39, 0.29) is 24.3 Å². The molecule has 1 aliphatic rings. The zero-order valence-corrected chi connectivity index (χ0v) is 11.8. The molecule has 6 heteroatoms. The molecule has 0 bridgehead atoms. The van der Waals surface area contributed by atoms with E-state index in [2.05, 4.69) is 10.6 Å². The lowest BCUT2D eigenvalue weighted by Gasteiger charge is -2.37. The molecule has 1 aliphatic carbocycles. The van der Waals surface area contributed by atoms with Gasteiger partial charge in [0.15, 0.2) is 0 Å². The molecular formula is C13H25N3O3. The molecule has 0 aromatic heterocycles. The van der Waals surface area contributed by atoms with E-state index in [1.807, 2.05) is 6.92 Å². The number of nitrogens with one attached hydrogen (secondary N) is 2. The molecule has 6 nitrogen and oxygen atoms in total. The number of methoxy groups -OCH3 is 1. The summed E-state index contributed by atoms with van der Waals surface area (Å²) in [5.74, 6) is -0.528. The maximum Gasteiger partial charge on any atom is 0.239 e. The average Bonchev–Trinajstić information content (AvgIpc) is 2.36. The molecule has 19 heavy (non-hydrogen) atoms. The summed E-state index contributed by atoms with van der Waals surface area (Å²) < 4.78 is 4.82. The first-order valence-electron chi connectivity index (χ1n) is 6.79. The lowest BCUT2D eigenvalue weighted by molar-refractivity contribution is -0.131. The summed E-state index contributed by atoms with van der Waals surface area (Å²) in [6.07, 6.45) is 3.73. The second-order valence-electron chi connectivity index (χ2n) is 5.36. The Hall–Kier alpha value is -1.14. The van der Waals surface area contributed by atoms with Crippen LogP contribution in [0.5, 0.6) is 0 Å². The zero-order valence-electron chi connectivity index (χ0n) is 11.8. The maximum absolute atomic E-state index is 12.1. The van der Waals surface area contributed by atoms with Gasteiger partial charge < -0.3 is 21.1 Å². The molecule has 0 aromatic carbocycles. The summed E-state index contributed by atoms with van der Waals surface area (Å²) >= 11 is 0. The summed E-state index contributed by atoms with van der Waals surface area (Å²) in [5.41, 5.74) is 5.69. The van der Waals surface area contributed by atoms with Crippen LogP contribution in [0.2, 0.25) is 0 Å². The lowest BCUT2D eigenvalue weighted by Crippen LogP contribution is -2.53. The van der Waals surface area contributed by atoms with Crippen molar-refractivity contribution in [3.05, 3.63) is 0 Å². The van der Waals surface area contributed by atoms with E-state index in [9.17, 15) is 9.59 Å². The quantitative estimate of drug-likeness (QED) is 0.582. The van der Waals surface area contributed by atoms with Crippen molar-refractivity contribution in [2.24, 2.45) is 11.7 Å². The van der Waals surface area contributed by atoms with Gasteiger partial charge in [-0.3, -0.25) is 9.59 Å². The molecule has 0 spiro atoms. The van der Waals surface area contributed by atoms with E-state index < -0.39 is 5.54 Å². The predicted octanol–water partition coefficient (Wildman–Crippen LogP) is -0.227. The van der Waals surface area contributed by atoms with Crippen molar-refractivity contribution in [3.63, 3.8) is 0 Å². The molecule has 2 unspecified atom stereocenters. The van der Waals surface area contributed by atoms with Crippen LogP contribution < -0.4 is 16.4 Å². The van der Waals surface area contributed by atoms with Crippen LogP contribution in [0.4, 0.5) is 0 Å². The van der Waals surface area contributed by atoms with Crippen molar-refractivity contribution in [2.45, 2.75) is 38.1 Å². The Morgan fingerprint density at radius 3 is 2.74 bits per heavy atom. The van der Waals surface area contributed by atoms with Crippen LogP contribution in [0.3, 0.4) is 0 Å². The van der Waals surface area contributed by atoms with Crippen molar-refractivity contribution in [1.82, 2.24) is 10.6 Å². The van der Waals surface area contributed by atoms with E-state index in [0.29, 0.717) is 13.2 Å². The summed E-state index contributed by atoms with van der Waals surface area (Å²) in [4.78, 5) is 23.5. The summed E-state index contributed by atoms with van der Waals surface area (Å²) in [7, 11) is 1.57. The highest BCUT2D eigenvalue weighted by molar-refractivity contribution is 5.86. The van der Waals surface area contributed by atoms with Crippen LogP contribution in [0, 0.1) is 5.92 Å². The Morgan fingerprint density at radius 2 is 2.11 bits per heavy atom. The normalized spacial score (nSPS) is 26.8. The Kier molecular flexibility index (Phi) is 6.24. The fourth-order valence-electron chi connectivity index (χ4n) is 2.43. The van der Waals surface area contributed by atoms with E-state index in [4.69, 9.17) is 10.5 Å². The van der Waals surface area contributed by atoms with E-state index in [0.717, 1.165) is 25.7 Å². The SMILES string of the molecule is COCCNC(=O)CNC(=O)C1CCCCC1(C)N. The number of amides is 2. The molecule has 4 N–H and O–H groups in total. The highest BCUT2D eigenvalue weighted by Crippen LogP contribution is 2.31. The Labute approximate surface area is 114 Å². The molecule has 110 valence electrons. The van der Waals surface area contributed by atoms with E-state index >= 15 is 0 Å². The van der Waals surface area contributed by atoms with Crippen LogP contribution in [-0.2, 0) is 14.3 Å². The highest BCUT2D eigenvalue weighted by atomic mass is 16.5. The summed E-state index contributed by atoms with van der Waals surface area (Å²) in [6.45, 7) is 2.82. The lowest BCUT2D eigenvalue weighted by atomic mass is 9.74. The van der Waals surface area contributed by atoms with Crippen LogP contribution in [0.1, 0.15) is 32.6 Å². The number of hydrogen-bond donors (Lipinski definition) is 3. The number of hydrogen-bond acceptors (Lipinski definition) is 4. The third kappa shape index (κ3) is 5.16. The first kappa shape index (κ1) is 15.9. The van der Waals surface area contributed by atoms with Crippen LogP contribution in [0.25, 0.3) is 0 Å². The third-order valence-electron chi connectivity index (χ3n) is 3.62. The molecule has 0 radical (unpaired) electrons. The Bertz CT molecular complexity index is 318. The second-order valence-corrected chi connectivity index (χ2v) is 5.36. The largest absolute Gasteiger partial charge is 0.383 e. The smallest absolute Gasteiger partial charge is 0.239 e. The number of nitrogens with two attached hydrogens (primary N) is 1. The predicted molar refractivity (Wildman–Crippen MR) is 72.4 cm³/mol. The molecule has 0 aromatic rings. The van der Waals surface area contributed by atoms with Gasteiger partial charge in [0.2, 0.25) is 11.8 Å². The molecule has 0 aliphatic heterocycles. The molecule has 2 atom stereocenters. The van der Waals surface area contributed by atoms with Gasteiger partial charge in [0.25, 0.3) is 0 Å². The molecule has 0 saturated heterocycles. The Morgan fingerprint density at radius 1 is 1.37 bits per heavy atom. The highest BCUT2D eigenvalue weighted by Gasteiger charge is 2.37. The van der Waals surface area contributed by atoms with Gasteiger partial charge in [-0.05, 0) is 19.8 Å². The van der Waals surface area contributed by atoms with Gasteiger partial charge in [-0.15, -0.1) is 0 Å². The van der Waals surface area contributed by atoms with Crippen molar-refractivity contribution in [2.75, 3.05) is 26.8 Å². The third-order valence-corrected chi connectivity index (χ3v) is 3.62. The van der Waals surface area contributed by atoms with Crippen molar-refractivity contribution >= 4 is 11.8 Å². The van der Waals surface area contributed by atoms with Gasteiger partial charge in [0, 0.05) is 19.2 Å². The second kappa shape index (κ2) is 7.45. The van der Waals surface area contributed by atoms with Gasteiger partial charge in [0.05, 0.1) is 19.1 Å². The molecular weight excluding hydrogens is 246 g/mol. The van der Waals surface area contributed by atoms with Crippen molar-refractivity contribution < 1.29 is 14.3 Å². The maximum atomic E-state index is 12.1. The van der Waals surface area contributed by atoms with Crippen molar-refractivity contribution in [1.29, 1.82) is 0 Å². The van der Waals surface area contributed by atoms with Gasteiger partial charge in [-0.25, -0.2) is 0 Å². The standard InChI is InChI=1S/C13H25N3O3/c1-13(14)6-4-3-5-10(13)12(18)16-9-11(17)15-7-8-19-2/h10H,3-9,14H2,1-2H3,(H,15,17)(H,16,18). The fourth-order valence-corrected chi connectivity index (χ4v) is 2.43. The van der Waals surface area contributed by atoms with Crippen molar-refractivity contribution in [3.8, 4) is 0 Å². The minimum atomic E-state index is -0.463. The van der Waals surface area contributed by atoms with E-state index in [1.54, 1.807) is 7.11 Å². The number of rotatable bonds is 6. The van der Waals surface area contributed by atoms with Gasteiger partial charge >= 0.3 is 0 Å². The molecule has 2 amide bonds. The number of ether oxygens (including phenoxy) is 1. The van der Waals surface area contributed by atoms with Gasteiger partial charge in [0.1, 0.15) is 0 Å². The minimum absolute atomic E-state index is 0.00483. The topological polar surface area (TPSA) is 93.5 Å². The molecule has 1 rings (SSSR count). The van der Waals surface area contributed by atoms with Gasteiger partial charge in [-0.2, -0.15) is 0 Å². The number of carbonyl (C=O) groups excluding carboxylic acids is 2. The Balaban J connectivity index is 2.32. The van der Waals surface area contributed by atoms with Crippen LogP contribution >= 0.6 is 0 Å². The fraction of sp³-hybridized carbons (Fsp3) is 0.846. The van der Waals surface area contributed by atoms with Crippen LogP contribution in [0.15, 0.2) is 0 Å². The summed E-state index contributed by atoms with van der Waals surface area (Å²) in [5, 5.41) is 5.32. The number of carbonyl (C=O) groups is 2. The minimum Gasteiger partial charge on any atom is -0.383 e. The molecule has 1 fully saturated rings. The van der Waals surface area contributed by atoms with E-state index in [1.165, 1.54) is 0 Å². The first-order chi connectivity index (χ1) is 8.97. The average molecular weight is 271 g/mol. The van der Waals surface area contributed by atoms with Gasteiger partial charge in [-0.1, -0.05) is 12.8 Å². The molecule has 0 heterocycles. The monoisotopic (exact) mass is 271 g/mol.